The first-order valence-corrected chi connectivity index (χ1v) is 6.92. The lowest BCUT2D eigenvalue weighted by Crippen LogP contribution is -2.36. The minimum absolute atomic E-state index is 0.0109. The number of nitrogens with one attached hydrogen (secondary N) is 1. The maximum atomic E-state index is 13.3. The number of nitrogens with zero attached hydrogens (tertiary/aromatic N) is 1. The Morgan fingerprint density at radius 2 is 2.25 bits per heavy atom. The fourth-order valence-electron chi connectivity index (χ4n) is 2.03. The van der Waals surface area contributed by atoms with Crippen LogP contribution in [0.25, 0.3) is 0 Å². The van der Waals surface area contributed by atoms with Crippen LogP contribution in [0, 0.1) is 5.82 Å². The summed E-state index contributed by atoms with van der Waals surface area (Å²) in [5.41, 5.74) is 6.97. The zero-order chi connectivity index (χ0) is 14.7. The maximum absolute atomic E-state index is 13.3. The van der Waals surface area contributed by atoms with E-state index in [0.29, 0.717) is 23.7 Å². The van der Waals surface area contributed by atoms with Crippen molar-refractivity contribution in [2.24, 2.45) is 5.73 Å². The number of nitrogens with two attached hydrogens (primary N) is 1. The van der Waals surface area contributed by atoms with Gasteiger partial charge in [0, 0.05) is 18.2 Å². The van der Waals surface area contributed by atoms with E-state index in [1.54, 1.807) is 13.1 Å². The van der Waals surface area contributed by atoms with Gasteiger partial charge in [0.05, 0.1) is 6.54 Å². The number of benzene rings is 1. The molecule has 1 saturated carbocycles. The molecule has 0 aliphatic heterocycles. The van der Waals surface area contributed by atoms with Gasteiger partial charge >= 0.3 is 0 Å². The third-order valence-electron chi connectivity index (χ3n) is 3.13. The summed E-state index contributed by atoms with van der Waals surface area (Å²) >= 11 is 4.96. The first kappa shape index (κ1) is 14.9. The van der Waals surface area contributed by atoms with Crippen LogP contribution >= 0.6 is 12.2 Å². The van der Waals surface area contributed by atoms with Gasteiger partial charge in [-0.25, -0.2) is 4.39 Å². The quantitative estimate of drug-likeness (QED) is 0.774. The molecule has 2 rings (SSSR count). The Morgan fingerprint density at radius 1 is 1.55 bits per heavy atom. The van der Waals surface area contributed by atoms with Crippen LogP contribution in [-0.2, 0) is 11.3 Å². The summed E-state index contributed by atoms with van der Waals surface area (Å²) < 4.78 is 13.3. The van der Waals surface area contributed by atoms with Crippen molar-refractivity contribution in [2.75, 3.05) is 13.6 Å². The van der Waals surface area contributed by atoms with Crippen LogP contribution in [0.4, 0.5) is 4.39 Å². The molecule has 0 bridgehead atoms. The highest BCUT2D eigenvalue weighted by Gasteiger charge is 2.23. The van der Waals surface area contributed by atoms with Crippen LogP contribution in [0.15, 0.2) is 18.2 Å². The van der Waals surface area contributed by atoms with Crippen molar-refractivity contribution >= 4 is 23.1 Å². The Morgan fingerprint density at radius 3 is 2.85 bits per heavy atom. The van der Waals surface area contributed by atoms with Crippen LogP contribution in [0.2, 0.25) is 0 Å². The Bertz CT molecular complexity index is 531. The molecular formula is C14H18FN3OS. The second-order valence-corrected chi connectivity index (χ2v) is 5.62. The molecule has 4 nitrogen and oxygen atoms in total. The highest BCUT2D eigenvalue weighted by Crippen LogP contribution is 2.18. The van der Waals surface area contributed by atoms with Gasteiger partial charge in [0.25, 0.3) is 0 Å². The number of amides is 1. The zero-order valence-electron chi connectivity index (χ0n) is 11.4. The number of hydrogen-bond donors (Lipinski definition) is 2. The molecule has 108 valence electrons. The third-order valence-corrected chi connectivity index (χ3v) is 3.35. The third kappa shape index (κ3) is 4.25. The summed E-state index contributed by atoms with van der Waals surface area (Å²) in [5.74, 6) is -0.348. The van der Waals surface area contributed by atoms with E-state index in [0.717, 1.165) is 12.8 Å². The lowest BCUT2D eigenvalue weighted by atomic mass is 10.1. The van der Waals surface area contributed by atoms with Gasteiger partial charge in [-0.2, -0.15) is 0 Å². The molecule has 0 radical (unpaired) electrons. The summed E-state index contributed by atoms with van der Waals surface area (Å²) in [4.78, 5) is 13.7. The van der Waals surface area contributed by atoms with E-state index in [4.69, 9.17) is 18.0 Å². The molecule has 0 unspecified atom stereocenters. The van der Waals surface area contributed by atoms with Crippen molar-refractivity contribution in [3.05, 3.63) is 35.1 Å². The van der Waals surface area contributed by atoms with Crippen molar-refractivity contribution in [2.45, 2.75) is 25.4 Å². The van der Waals surface area contributed by atoms with Gasteiger partial charge < -0.3 is 11.1 Å². The van der Waals surface area contributed by atoms with E-state index in [9.17, 15) is 9.18 Å². The largest absolute Gasteiger partial charge is 0.389 e. The highest BCUT2D eigenvalue weighted by atomic mass is 32.1. The summed E-state index contributed by atoms with van der Waals surface area (Å²) in [6, 6.07) is 4.66. The summed E-state index contributed by atoms with van der Waals surface area (Å²) in [6.45, 7) is 0.687. The fraction of sp³-hybridized carbons (Fsp3) is 0.429. The van der Waals surface area contributed by atoms with Crippen LogP contribution in [0.3, 0.4) is 0 Å². The van der Waals surface area contributed by atoms with E-state index in [1.807, 2.05) is 4.90 Å². The molecule has 1 aromatic rings. The number of carbonyl (C=O) groups excluding carboxylic acids is 1. The SMILES string of the molecule is CN(CC(=O)NC1CC1)Cc1cc(F)ccc1C(N)=S. The van der Waals surface area contributed by atoms with Gasteiger partial charge in [-0.15, -0.1) is 0 Å². The molecule has 3 N–H and O–H groups in total. The van der Waals surface area contributed by atoms with Gasteiger partial charge in [-0.3, -0.25) is 9.69 Å². The van der Waals surface area contributed by atoms with Crippen LogP contribution in [0.1, 0.15) is 24.0 Å². The number of halogens is 1. The smallest absolute Gasteiger partial charge is 0.234 e. The predicted octanol–water partition coefficient (Wildman–Crippen LogP) is 1.17. The molecule has 0 heterocycles. The fourth-order valence-corrected chi connectivity index (χ4v) is 2.23. The molecule has 1 amide bonds. The Kier molecular flexibility index (Phi) is 4.67. The molecule has 20 heavy (non-hydrogen) atoms. The second-order valence-electron chi connectivity index (χ2n) is 5.18. The number of carbonyl (C=O) groups is 1. The summed E-state index contributed by atoms with van der Waals surface area (Å²) in [7, 11) is 1.81. The average molecular weight is 295 g/mol. The molecule has 0 spiro atoms. The van der Waals surface area contributed by atoms with Gasteiger partial charge in [0.15, 0.2) is 0 Å². The van der Waals surface area contributed by atoms with Crippen molar-refractivity contribution in [3.63, 3.8) is 0 Å². The van der Waals surface area contributed by atoms with Gasteiger partial charge in [-0.05, 0) is 43.7 Å². The predicted molar refractivity (Wildman–Crippen MR) is 79.8 cm³/mol. The maximum Gasteiger partial charge on any atom is 0.234 e. The first-order valence-electron chi connectivity index (χ1n) is 6.52. The Balaban J connectivity index is 1.98. The standard InChI is InChI=1S/C14H18FN3OS/c1-18(8-13(19)17-11-3-4-11)7-9-6-10(15)2-5-12(9)14(16)20/h2,5-6,11H,3-4,7-8H2,1H3,(H2,16,20)(H,17,19). The second kappa shape index (κ2) is 6.28. The Labute approximate surface area is 123 Å². The minimum atomic E-state index is -0.337. The highest BCUT2D eigenvalue weighted by molar-refractivity contribution is 7.80. The summed E-state index contributed by atoms with van der Waals surface area (Å²) in [6.07, 6.45) is 2.12. The number of likely N-dealkylation sites (N-methyl/N-ethyl adjacent to an activating group) is 1. The van der Waals surface area contributed by atoms with Crippen LogP contribution in [-0.4, -0.2) is 35.4 Å². The molecule has 0 aromatic heterocycles. The lowest BCUT2D eigenvalue weighted by molar-refractivity contribution is -0.122. The van der Waals surface area contributed by atoms with Crippen molar-refractivity contribution in [1.29, 1.82) is 0 Å². The molecule has 1 aliphatic rings. The number of thiocarbonyl (C=S) groups is 1. The van der Waals surface area contributed by atoms with Gasteiger partial charge in [0.2, 0.25) is 5.91 Å². The van der Waals surface area contributed by atoms with Crippen LogP contribution in [0.5, 0.6) is 0 Å². The molecule has 1 fully saturated rings. The lowest BCUT2D eigenvalue weighted by Gasteiger charge is -2.18. The molecular weight excluding hydrogens is 277 g/mol. The monoisotopic (exact) mass is 295 g/mol. The summed E-state index contributed by atoms with van der Waals surface area (Å²) in [5, 5.41) is 2.91. The molecule has 0 atom stereocenters. The zero-order valence-corrected chi connectivity index (χ0v) is 12.2. The van der Waals surface area contributed by atoms with E-state index in [2.05, 4.69) is 5.32 Å². The van der Waals surface area contributed by atoms with E-state index >= 15 is 0 Å². The van der Waals surface area contributed by atoms with Crippen molar-refractivity contribution in [3.8, 4) is 0 Å². The van der Waals surface area contributed by atoms with Crippen molar-refractivity contribution in [1.82, 2.24) is 10.2 Å². The van der Waals surface area contributed by atoms with E-state index in [1.165, 1.54) is 12.1 Å². The van der Waals surface area contributed by atoms with Crippen LogP contribution < -0.4 is 11.1 Å². The molecule has 1 aromatic carbocycles. The molecule has 6 heteroatoms. The average Bonchev–Trinajstić information content (AvgIpc) is 3.11. The first-order chi connectivity index (χ1) is 9.45. The number of rotatable bonds is 6. The van der Waals surface area contributed by atoms with Gasteiger partial charge in [-0.1, -0.05) is 12.2 Å². The number of hydrogen-bond acceptors (Lipinski definition) is 3. The molecule has 0 saturated heterocycles. The normalized spacial score (nSPS) is 14.3. The Hall–Kier alpha value is -1.53. The van der Waals surface area contributed by atoms with E-state index in [-0.39, 0.29) is 23.3 Å². The topological polar surface area (TPSA) is 58.4 Å². The molecule has 1 aliphatic carbocycles. The van der Waals surface area contributed by atoms with Crippen molar-refractivity contribution < 1.29 is 9.18 Å². The van der Waals surface area contributed by atoms with E-state index < -0.39 is 0 Å². The minimum Gasteiger partial charge on any atom is -0.389 e. The van der Waals surface area contributed by atoms with Gasteiger partial charge in [0.1, 0.15) is 10.8 Å².